The lowest BCUT2D eigenvalue weighted by atomic mass is 9.91. The molecule has 0 saturated heterocycles. The number of hydrogen-bond acceptors (Lipinski definition) is 22. The van der Waals surface area contributed by atoms with E-state index < -0.39 is 234 Å². The van der Waals surface area contributed by atoms with Crippen molar-refractivity contribution in [3.8, 4) is 0 Å². The number of rotatable bonds is 50. The average Bonchev–Trinajstić information content (AvgIpc) is 1.06. The number of nitrogens with one attached hydrogen (secondary N) is 14. The fourth-order valence-corrected chi connectivity index (χ4v) is 12.7. The zero-order chi connectivity index (χ0) is 89.0. The molecule has 117 heavy (non-hydrogen) atoms. The molecular weight excluding hydrogens is 1520 g/mol. The van der Waals surface area contributed by atoms with Gasteiger partial charge >= 0.3 is 5.97 Å². The van der Waals surface area contributed by atoms with E-state index in [1.807, 2.05) is 39.8 Å². The predicted molar refractivity (Wildman–Crippen MR) is 436 cm³/mol. The molecule has 1 aliphatic rings. The van der Waals surface area contributed by atoms with Crippen molar-refractivity contribution in [2.75, 3.05) is 20.1 Å². The third-order valence-corrected chi connectivity index (χ3v) is 20.4. The first kappa shape index (κ1) is 105. The number of carboxylic acids is 1. The molecule has 26 N–H and O–H groups in total. The molecule has 16 atom stereocenters. The van der Waals surface area contributed by atoms with Crippen LogP contribution in [0.4, 0.5) is 0 Å². The van der Waals surface area contributed by atoms with Gasteiger partial charge in [0.05, 0.1) is 30.1 Å². The Balaban J connectivity index is 3.88. The molecule has 0 spiro atoms. The van der Waals surface area contributed by atoms with Crippen LogP contribution in [0.25, 0.3) is 0 Å². The Labute approximate surface area is 687 Å². The fraction of sp³-hybridized carbons (Fsp3) is 0.744. The first-order valence-corrected chi connectivity index (χ1v) is 40.9. The number of carboxylic acid groups (broad SMARTS) is 1. The van der Waals surface area contributed by atoms with E-state index in [4.69, 9.17) is 28.7 Å². The number of carbonyl (C=O) groups excluding carboxylic acids is 16. The van der Waals surface area contributed by atoms with Crippen LogP contribution in [-0.4, -0.2) is 220 Å². The van der Waals surface area contributed by atoms with Gasteiger partial charge in [-0.1, -0.05) is 113 Å². The lowest BCUT2D eigenvalue weighted by molar-refractivity contribution is -0.142. The number of Topliss-reactive ketones (excluding diaryl/α,β-unsaturated/α-hetero) is 2. The maximum Gasteiger partial charge on any atom is 0.303 e. The Kier molecular flexibility index (Phi) is 48.8. The highest BCUT2D eigenvalue weighted by Gasteiger charge is 2.43. The van der Waals surface area contributed by atoms with Gasteiger partial charge in [0.25, 0.3) is 5.91 Å². The summed E-state index contributed by atoms with van der Waals surface area (Å²) in [6.07, 6.45) is 3.69. The van der Waals surface area contributed by atoms with Gasteiger partial charge in [-0.25, -0.2) is 5.43 Å². The van der Waals surface area contributed by atoms with Gasteiger partial charge in [-0.3, -0.25) is 91.9 Å². The fourth-order valence-electron chi connectivity index (χ4n) is 12.7. The molecular formula is C78H138N20O19. The van der Waals surface area contributed by atoms with Gasteiger partial charge in [-0.2, -0.15) is 0 Å². The monoisotopic (exact) mass is 1660 g/mol. The molecule has 1 heterocycles. The topological polar surface area (TPSA) is 642 Å². The lowest BCUT2D eigenvalue weighted by Gasteiger charge is -2.34. The number of hydrazine groups is 1. The van der Waals surface area contributed by atoms with Gasteiger partial charge in [0.1, 0.15) is 59.9 Å². The van der Waals surface area contributed by atoms with Crippen LogP contribution in [0.5, 0.6) is 0 Å². The molecule has 0 aliphatic carbocycles. The smallest absolute Gasteiger partial charge is 0.303 e. The van der Waals surface area contributed by atoms with E-state index in [0.29, 0.717) is 57.8 Å². The van der Waals surface area contributed by atoms with E-state index in [1.54, 1.807) is 55.5 Å². The van der Waals surface area contributed by atoms with E-state index in [0.717, 1.165) is 19.8 Å². The number of amides is 14. The molecule has 14 amide bonds. The van der Waals surface area contributed by atoms with Crippen LogP contribution in [0.15, 0.2) is 17.1 Å². The Bertz CT molecular complexity index is 3390. The number of guanidine groups is 1. The third kappa shape index (κ3) is 39.4. The maximum atomic E-state index is 14.9. The Hall–Kier alpha value is -9.76. The number of nitrogens with zero attached hydrogens (tertiary/aromatic N) is 1. The highest BCUT2D eigenvalue weighted by atomic mass is 16.4. The van der Waals surface area contributed by atoms with Gasteiger partial charge in [-0.15, -0.1) is 0 Å². The highest BCUT2D eigenvalue weighted by Crippen LogP contribution is 2.22. The molecule has 664 valence electrons. The number of ketones is 2. The van der Waals surface area contributed by atoms with Crippen LogP contribution in [0.2, 0.25) is 0 Å². The van der Waals surface area contributed by atoms with Crippen molar-refractivity contribution in [2.45, 2.75) is 328 Å². The summed E-state index contributed by atoms with van der Waals surface area (Å²) >= 11 is 0. The summed E-state index contributed by atoms with van der Waals surface area (Å²) in [6.45, 7) is 22.0. The molecule has 0 radical (unpaired) electrons. The number of nitrogens with two attached hydrogens (primary N) is 5. The van der Waals surface area contributed by atoms with Gasteiger partial charge < -0.3 is 103 Å². The molecule has 0 aromatic rings. The van der Waals surface area contributed by atoms with Crippen molar-refractivity contribution in [1.29, 1.82) is 0 Å². The zero-order valence-electron chi connectivity index (χ0n) is 70.9. The molecule has 0 fully saturated rings. The number of carbonyl (C=O) groups is 17. The summed E-state index contributed by atoms with van der Waals surface area (Å²) in [5, 5.41) is 52.7. The van der Waals surface area contributed by atoms with Gasteiger partial charge in [0.15, 0.2) is 5.96 Å². The minimum atomic E-state index is -1.92. The van der Waals surface area contributed by atoms with Crippen LogP contribution in [0, 0.1) is 23.7 Å². The number of aliphatic hydroxyl groups is 1. The standard InChI is InChI=1S/C78H138N20O19/c1-15-19-24-28-50-65(107)93-61(46(10)18-4)72(114)91-54(41-44(7)8)70(112)96-78(13,37-26-23-21-20-22-25-36-77(12,84-14)74(116)92-50)75(117)98-97-52(29-27-39-86-76(82)83)67(109)95-62(47(11)99)73(115)88-51(31-34-57(80)101)66(108)94-60(45(9)17-3)71(113)90-53(40-43(5)6)68(110)89-55(42-58(81)102)69(111)87-49(30-33-56(79)100)64(106)63(105)48(85-38-16-2)32-35-59(103)104/h20-21,43-55,60-62,84-85,97,99H,15-19,22-42H2,1-14H3,(H2,79,100)(H2,80,101)(H2,81,102)(H,87,111)(H,88,115)(H,89,110)(H,90,113)(H,91,114)(H,92,116)(H,93,107)(H,94,108)(H,95,109)(H,96,112)(H,98,117)(H,103,104)(H4,82,83,86)/t45-,46-,47+,48-,49-,50-,51-,52-,53-,54-,55?,60-,61-,62-,77-,78-/m0/s1. The second-order valence-electron chi connectivity index (χ2n) is 31.7. The number of primary amides is 3. The molecule has 0 aromatic heterocycles. The quantitative estimate of drug-likeness (QED) is 0.00788. The summed E-state index contributed by atoms with van der Waals surface area (Å²) in [5.41, 5.74) is 30.0. The zero-order valence-corrected chi connectivity index (χ0v) is 70.9. The molecule has 0 saturated carbocycles. The second-order valence-corrected chi connectivity index (χ2v) is 31.7. The number of hydrogen-bond donors (Lipinski definition) is 21. The maximum absolute atomic E-state index is 14.9. The Morgan fingerprint density at radius 3 is 1.63 bits per heavy atom. The first-order chi connectivity index (χ1) is 54.8. The van der Waals surface area contributed by atoms with Crippen molar-refractivity contribution >= 4 is 106 Å². The molecule has 0 bridgehead atoms. The van der Waals surface area contributed by atoms with Crippen molar-refractivity contribution in [2.24, 2.45) is 57.3 Å². The molecule has 1 aliphatic heterocycles. The van der Waals surface area contributed by atoms with E-state index in [9.17, 15) is 91.7 Å². The lowest BCUT2D eigenvalue weighted by Crippen LogP contribution is -2.65. The second kappa shape index (κ2) is 54.3. The number of aliphatic imine (C=N–C) groups is 1. The molecule has 39 heteroatoms. The van der Waals surface area contributed by atoms with Crippen molar-refractivity contribution in [1.82, 2.24) is 74.7 Å². The summed E-state index contributed by atoms with van der Waals surface area (Å²) in [5.74, 6) is -18.8. The Morgan fingerprint density at radius 1 is 0.556 bits per heavy atom. The number of aliphatic carboxylic acids is 1. The molecule has 0 aromatic carbocycles. The predicted octanol–water partition coefficient (Wildman–Crippen LogP) is -1.92. The number of allylic oxidation sites excluding steroid dienone is 2. The van der Waals surface area contributed by atoms with Crippen LogP contribution in [0.1, 0.15) is 244 Å². The van der Waals surface area contributed by atoms with Crippen LogP contribution in [-0.2, 0) is 81.5 Å². The number of likely N-dealkylation sites (N-methyl/N-ethyl adjacent to an activating group) is 1. The van der Waals surface area contributed by atoms with E-state index >= 15 is 0 Å². The summed E-state index contributed by atoms with van der Waals surface area (Å²) in [7, 11) is 1.66. The SMILES string of the molecule is CCCCC[C@@H]1NC(=O)[C@@](C)(NC)CCCC=CCCC[C@@](C)(C(=O)NN[C@@H](CCCN=C(N)N)C(=O)N[C@H](C(=O)N[C@@H](CCC(N)=O)C(=O)N[C@H](C(=O)N[C@@H](CC(C)C)C(=O)NC(CC(N)=O)C(=O)N[C@@H](CCC(N)=O)C(=O)C(=O)[C@H](CCC(=O)O)NCCC)[C@@H](C)CC)[C@@H](C)O)NC(=O)[C@H](CC(C)C)NC(=O)[C@H]([C@@H](C)CC)NC1=O. The number of aliphatic hydroxyl groups excluding tert-OH is 1. The van der Waals surface area contributed by atoms with E-state index in [1.165, 1.54) is 6.92 Å². The normalized spacial score (nSPS) is 20.7. The third-order valence-electron chi connectivity index (χ3n) is 20.4. The molecule has 1 rings (SSSR count). The van der Waals surface area contributed by atoms with Crippen LogP contribution in [0.3, 0.4) is 0 Å². The van der Waals surface area contributed by atoms with Gasteiger partial charge in [0, 0.05) is 25.8 Å². The van der Waals surface area contributed by atoms with Gasteiger partial charge in [-0.05, 0) is 154 Å². The van der Waals surface area contributed by atoms with Crippen molar-refractivity contribution in [3.05, 3.63) is 12.2 Å². The Morgan fingerprint density at radius 2 is 1.09 bits per heavy atom. The van der Waals surface area contributed by atoms with Gasteiger partial charge in [0.2, 0.25) is 88.4 Å². The minimum Gasteiger partial charge on any atom is -0.481 e. The molecule has 1 unspecified atom stereocenters. The first-order valence-electron chi connectivity index (χ1n) is 40.9. The van der Waals surface area contributed by atoms with Crippen LogP contribution >= 0.6 is 0 Å². The molecule has 39 nitrogen and oxygen atoms in total. The average molecular weight is 1660 g/mol. The largest absolute Gasteiger partial charge is 0.481 e. The summed E-state index contributed by atoms with van der Waals surface area (Å²) in [6, 6.07) is -16.8. The van der Waals surface area contributed by atoms with E-state index in [2.05, 4.69) is 79.6 Å². The highest BCUT2D eigenvalue weighted by molar-refractivity contribution is 6.41. The van der Waals surface area contributed by atoms with Crippen molar-refractivity contribution in [3.63, 3.8) is 0 Å². The summed E-state index contributed by atoms with van der Waals surface area (Å²) in [4.78, 5) is 239. The minimum absolute atomic E-state index is 0.0266. The van der Waals surface area contributed by atoms with Crippen LogP contribution < -0.4 is 103 Å². The summed E-state index contributed by atoms with van der Waals surface area (Å²) < 4.78 is 0. The van der Waals surface area contributed by atoms with Crippen molar-refractivity contribution < 1.29 is 91.7 Å². The van der Waals surface area contributed by atoms with E-state index in [-0.39, 0.29) is 75.8 Å². The number of unbranched alkanes of at least 4 members (excludes halogenated alkanes) is 2.